The lowest BCUT2D eigenvalue weighted by atomic mass is 10.1. The Hall–Kier alpha value is -2.65. The van der Waals surface area contributed by atoms with Crippen LogP contribution in [0.1, 0.15) is 13.3 Å². The second-order valence-corrected chi connectivity index (χ2v) is 7.69. The van der Waals surface area contributed by atoms with Crippen LogP contribution in [-0.2, 0) is 9.53 Å². The third kappa shape index (κ3) is 3.99. The van der Waals surface area contributed by atoms with Gasteiger partial charge in [-0.05, 0) is 20.0 Å². The first-order valence-corrected chi connectivity index (χ1v) is 10.1. The van der Waals surface area contributed by atoms with E-state index in [1.165, 1.54) is 0 Å². The number of methoxy groups -OCH3 is 2. The van der Waals surface area contributed by atoms with E-state index >= 15 is 0 Å². The van der Waals surface area contributed by atoms with Gasteiger partial charge in [0.2, 0.25) is 11.8 Å². The summed E-state index contributed by atoms with van der Waals surface area (Å²) in [7, 11) is 5.14. The summed E-state index contributed by atoms with van der Waals surface area (Å²) in [6, 6.07) is 3.55. The Bertz CT molecular complexity index is 931. The van der Waals surface area contributed by atoms with Crippen LogP contribution in [0.4, 0.5) is 5.95 Å². The maximum absolute atomic E-state index is 11.9. The van der Waals surface area contributed by atoms with Gasteiger partial charge in [0.15, 0.2) is 11.5 Å². The molecule has 3 heterocycles. The van der Waals surface area contributed by atoms with Crippen LogP contribution < -0.4 is 19.1 Å². The van der Waals surface area contributed by atoms with Gasteiger partial charge in [0.25, 0.3) is 0 Å². The van der Waals surface area contributed by atoms with Crippen molar-refractivity contribution >= 4 is 22.6 Å². The van der Waals surface area contributed by atoms with Crippen LogP contribution in [0.5, 0.6) is 17.4 Å². The summed E-state index contributed by atoms with van der Waals surface area (Å²) in [6.45, 7) is 5.00. The molecular weight excluding hydrogens is 388 g/mol. The molecule has 0 amide bonds. The molecule has 0 spiro atoms. The fraction of sp³-hybridized carbons (Fsp3) is 0.571. The first kappa shape index (κ1) is 20.6. The van der Waals surface area contributed by atoms with Crippen molar-refractivity contribution in [3.63, 3.8) is 0 Å². The Balaban J connectivity index is 1.74. The second-order valence-electron chi connectivity index (χ2n) is 7.69. The molecular formula is C21H28N4O5. The van der Waals surface area contributed by atoms with Crippen LogP contribution >= 0.6 is 0 Å². The van der Waals surface area contributed by atoms with Gasteiger partial charge in [-0.1, -0.05) is 0 Å². The minimum Gasteiger partial charge on any atom is -0.493 e. The van der Waals surface area contributed by atoms with Crippen molar-refractivity contribution in [3.8, 4) is 17.4 Å². The van der Waals surface area contributed by atoms with E-state index in [0.29, 0.717) is 55.0 Å². The smallest absolute Gasteiger partial charge is 0.229 e. The average Bonchev–Trinajstić information content (AvgIpc) is 3.13. The number of Topliss-reactive ketones (excluding diaryl/α,β-unsaturated/α-hetero) is 1. The highest BCUT2D eigenvalue weighted by molar-refractivity contribution is 5.88. The number of fused-ring (bicyclic) bond motifs is 1. The number of hydrogen-bond donors (Lipinski definition) is 0. The number of likely N-dealkylation sites (tertiary alicyclic amines) is 1. The predicted octanol–water partition coefficient (Wildman–Crippen LogP) is 1.52. The molecule has 0 aliphatic carbocycles. The van der Waals surface area contributed by atoms with Gasteiger partial charge in [-0.3, -0.25) is 9.69 Å². The lowest BCUT2D eigenvalue weighted by molar-refractivity contribution is -0.120. The van der Waals surface area contributed by atoms with Crippen molar-refractivity contribution in [1.29, 1.82) is 0 Å². The van der Waals surface area contributed by atoms with Gasteiger partial charge in [0.05, 0.1) is 44.4 Å². The molecule has 2 saturated heterocycles. The largest absolute Gasteiger partial charge is 0.493 e. The van der Waals surface area contributed by atoms with Crippen molar-refractivity contribution in [2.24, 2.45) is 0 Å². The third-order valence-corrected chi connectivity index (χ3v) is 5.71. The van der Waals surface area contributed by atoms with Crippen molar-refractivity contribution in [3.05, 3.63) is 12.1 Å². The molecule has 2 fully saturated rings. The Morgan fingerprint density at radius 3 is 2.47 bits per heavy atom. The van der Waals surface area contributed by atoms with Crippen LogP contribution in [0, 0.1) is 0 Å². The number of anilines is 1. The lowest BCUT2D eigenvalue weighted by Gasteiger charge is -2.27. The van der Waals surface area contributed by atoms with Crippen LogP contribution in [0.25, 0.3) is 10.9 Å². The van der Waals surface area contributed by atoms with Gasteiger partial charge in [0.1, 0.15) is 11.9 Å². The number of ether oxygens (including phenoxy) is 4. The zero-order valence-corrected chi connectivity index (χ0v) is 17.9. The highest BCUT2D eigenvalue weighted by Gasteiger charge is 2.34. The Kier molecular flexibility index (Phi) is 5.92. The van der Waals surface area contributed by atoms with E-state index < -0.39 is 0 Å². The summed E-state index contributed by atoms with van der Waals surface area (Å²) in [5.74, 6) is 2.42. The number of carbonyl (C=O) groups is 1. The zero-order valence-electron chi connectivity index (χ0n) is 17.9. The highest BCUT2D eigenvalue weighted by Crippen LogP contribution is 2.37. The van der Waals surface area contributed by atoms with Crippen molar-refractivity contribution in [2.75, 3.05) is 59.0 Å². The van der Waals surface area contributed by atoms with Crippen LogP contribution in [0.15, 0.2) is 12.1 Å². The molecule has 9 nitrogen and oxygen atoms in total. The molecule has 162 valence electrons. The first-order valence-electron chi connectivity index (χ1n) is 10.1. The van der Waals surface area contributed by atoms with E-state index in [1.807, 2.05) is 24.1 Å². The second kappa shape index (κ2) is 8.61. The summed E-state index contributed by atoms with van der Waals surface area (Å²) in [6.07, 6.45) is 0.505. The van der Waals surface area contributed by atoms with Gasteiger partial charge in [-0.15, -0.1) is 0 Å². The normalized spacial score (nSPS) is 22.3. The number of nitrogens with zero attached hydrogens (tertiary/aromatic N) is 4. The van der Waals surface area contributed by atoms with E-state index in [1.54, 1.807) is 21.1 Å². The quantitative estimate of drug-likeness (QED) is 0.696. The SMILES string of the molecule is COc1cc2nc(N3CCOCC3)nc(OC3CC(C(C)=O)N(C)C3)c2cc1OC. The lowest BCUT2D eigenvalue weighted by Crippen LogP contribution is -2.37. The van der Waals surface area contributed by atoms with E-state index in [2.05, 4.69) is 4.90 Å². The standard InChI is InChI=1S/C21H28N4O5/c1-13(26)17-9-14(12-24(17)2)30-20-15-10-18(27-3)19(28-4)11-16(15)22-21(23-20)25-5-7-29-8-6-25/h10-11,14,17H,5-9,12H2,1-4H3. The minimum atomic E-state index is -0.132. The molecule has 2 aliphatic rings. The number of likely N-dealkylation sites (N-methyl/N-ethyl adjacent to an activating group) is 1. The van der Waals surface area contributed by atoms with Gasteiger partial charge < -0.3 is 23.8 Å². The van der Waals surface area contributed by atoms with E-state index in [0.717, 1.165) is 18.5 Å². The van der Waals surface area contributed by atoms with Crippen LogP contribution in [-0.4, -0.2) is 86.9 Å². The Morgan fingerprint density at radius 2 is 1.83 bits per heavy atom. The monoisotopic (exact) mass is 416 g/mol. The molecule has 1 aromatic carbocycles. The fourth-order valence-corrected chi connectivity index (χ4v) is 4.08. The summed E-state index contributed by atoms with van der Waals surface area (Å²) in [5.41, 5.74) is 0.716. The van der Waals surface area contributed by atoms with Gasteiger partial charge in [0, 0.05) is 32.1 Å². The molecule has 2 aromatic rings. The van der Waals surface area contributed by atoms with Crippen LogP contribution in [0.2, 0.25) is 0 Å². The minimum absolute atomic E-state index is 0.128. The predicted molar refractivity (Wildman–Crippen MR) is 112 cm³/mol. The number of ketones is 1. The first-order chi connectivity index (χ1) is 14.5. The Labute approximate surface area is 175 Å². The fourth-order valence-electron chi connectivity index (χ4n) is 4.08. The van der Waals surface area contributed by atoms with Gasteiger partial charge >= 0.3 is 0 Å². The number of benzene rings is 1. The maximum Gasteiger partial charge on any atom is 0.229 e. The maximum atomic E-state index is 11.9. The molecule has 2 unspecified atom stereocenters. The Morgan fingerprint density at radius 1 is 1.13 bits per heavy atom. The summed E-state index contributed by atoms with van der Waals surface area (Å²) in [5, 5.41) is 0.749. The number of morpholine rings is 1. The molecule has 2 aliphatic heterocycles. The number of carbonyl (C=O) groups excluding carboxylic acids is 1. The topological polar surface area (TPSA) is 86.2 Å². The molecule has 0 N–H and O–H groups in total. The van der Waals surface area contributed by atoms with Gasteiger partial charge in [-0.2, -0.15) is 4.98 Å². The molecule has 0 saturated carbocycles. The molecule has 1 aromatic heterocycles. The zero-order chi connectivity index (χ0) is 21.3. The molecule has 0 radical (unpaired) electrons. The molecule has 2 atom stereocenters. The van der Waals surface area contributed by atoms with Crippen LogP contribution in [0.3, 0.4) is 0 Å². The highest BCUT2D eigenvalue weighted by atomic mass is 16.5. The molecule has 9 heteroatoms. The van der Waals surface area contributed by atoms with Crippen molar-refractivity contribution in [2.45, 2.75) is 25.5 Å². The molecule has 30 heavy (non-hydrogen) atoms. The summed E-state index contributed by atoms with van der Waals surface area (Å²) < 4.78 is 22.7. The summed E-state index contributed by atoms with van der Waals surface area (Å²) in [4.78, 5) is 25.5. The average molecular weight is 416 g/mol. The van der Waals surface area contributed by atoms with Crippen molar-refractivity contribution in [1.82, 2.24) is 14.9 Å². The van der Waals surface area contributed by atoms with Crippen molar-refractivity contribution < 1.29 is 23.7 Å². The number of aromatic nitrogens is 2. The van der Waals surface area contributed by atoms with E-state index in [-0.39, 0.29) is 17.9 Å². The summed E-state index contributed by atoms with van der Waals surface area (Å²) >= 11 is 0. The molecule has 4 rings (SSSR count). The number of rotatable bonds is 6. The van der Waals surface area contributed by atoms with E-state index in [9.17, 15) is 4.79 Å². The van der Waals surface area contributed by atoms with Gasteiger partial charge in [-0.25, -0.2) is 4.98 Å². The molecule has 0 bridgehead atoms. The van der Waals surface area contributed by atoms with E-state index in [4.69, 9.17) is 28.9 Å². The third-order valence-electron chi connectivity index (χ3n) is 5.71. The number of hydrogen-bond acceptors (Lipinski definition) is 9.